The fraction of sp³-hybridized carbons (Fsp3) is 0.300. The summed E-state index contributed by atoms with van der Waals surface area (Å²) in [5, 5.41) is 1.67. The number of halogens is 3. The molecule has 0 saturated carbocycles. The van der Waals surface area contributed by atoms with Gasteiger partial charge in [0, 0.05) is 12.8 Å². The molecule has 0 spiro atoms. The van der Waals surface area contributed by atoms with Gasteiger partial charge >= 0.3 is 12.1 Å². The predicted molar refractivity (Wildman–Crippen MR) is 52.7 cm³/mol. The van der Waals surface area contributed by atoms with E-state index < -0.39 is 18.2 Å². The molecule has 1 aromatic rings. The predicted octanol–water partition coefficient (Wildman–Crippen LogP) is 2.92. The second-order valence-corrected chi connectivity index (χ2v) is 3.75. The minimum atomic E-state index is -4.59. The van der Waals surface area contributed by atoms with Crippen LogP contribution < -0.4 is 0 Å². The van der Waals surface area contributed by atoms with Crippen LogP contribution in [0, 0.1) is 11.8 Å². The van der Waals surface area contributed by atoms with Gasteiger partial charge in [0.15, 0.2) is 6.10 Å². The van der Waals surface area contributed by atoms with Crippen molar-refractivity contribution in [3.8, 4) is 11.8 Å². The smallest absolute Gasteiger partial charge is 0.443 e. The Bertz CT molecular complexity index is 412. The first-order chi connectivity index (χ1) is 7.38. The van der Waals surface area contributed by atoms with Gasteiger partial charge in [0.1, 0.15) is 0 Å². The summed E-state index contributed by atoms with van der Waals surface area (Å²) in [4.78, 5) is 11.2. The number of ether oxygens (including phenoxy) is 1. The van der Waals surface area contributed by atoms with Crippen molar-refractivity contribution in [2.45, 2.75) is 19.2 Å². The Balaban J connectivity index is 2.88. The molecule has 0 fully saturated rings. The Hall–Kier alpha value is -1.48. The molecule has 1 atom stereocenters. The van der Waals surface area contributed by atoms with Crippen LogP contribution in [0.25, 0.3) is 0 Å². The molecule has 16 heavy (non-hydrogen) atoms. The van der Waals surface area contributed by atoms with Crippen molar-refractivity contribution in [1.29, 1.82) is 0 Å². The first kappa shape index (κ1) is 12.6. The lowest BCUT2D eigenvalue weighted by Crippen LogP contribution is -2.08. The van der Waals surface area contributed by atoms with Gasteiger partial charge in [-0.3, -0.25) is 4.79 Å². The standard InChI is InChI=1S/C10H7F3O2S/c1-7(14)15-8(4-5-10(11,12)13)9-3-2-6-16-9/h2-3,6,8H,1H3. The van der Waals surface area contributed by atoms with Crippen molar-refractivity contribution < 1.29 is 22.7 Å². The number of thiophene rings is 1. The van der Waals surface area contributed by atoms with E-state index in [0.29, 0.717) is 4.88 Å². The van der Waals surface area contributed by atoms with Gasteiger partial charge in [0.05, 0.1) is 4.88 Å². The lowest BCUT2D eigenvalue weighted by atomic mass is 10.3. The van der Waals surface area contributed by atoms with Crippen LogP contribution in [0.3, 0.4) is 0 Å². The highest BCUT2D eigenvalue weighted by Crippen LogP contribution is 2.23. The third-order valence-corrected chi connectivity index (χ3v) is 2.35. The normalized spacial score (nSPS) is 12.5. The largest absolute Gasteiger partial charge is 0.457 e. The maximum atomic E-state index is 11.9. The second kappa shape index (κ2) is 5.03. The van der Waals surface area contributed by atoms with Crippen LogP contribution in [0.4, 0.5) is 13.2 Å². The molecule has 1 heterocycles. The number of hydrogen-bond acceptors (Lipinski definition) is 3. The van der Waals surface area contributed by atoms with Crippen LogP contribution in [0.1, 0.15) is 17.9 Å². The molecule has 1 rings (SSSR count). The van der Waals surface area contributed by atoms with Gasteiger partial charge in [-0.25, -0.2) is 0 Å². The number of alkyl halides is 3. The number of carbonyl (C=O) groups is 1. The molecular formula is C10H7F3O2S. The molecule has 86 valence electrons. The average Bonchev–Trinajstić information content (AvgIpc) is 2.62. The van der Waals surface area contributed by atoms with Crippen molar-refractivity contribution in [3.05, 3.63) is 22.4 Å². The van der Waals surface area contributed by atoms with Crippen LogP contribution in [-0.2, 0) is 9.53 Å². The monoisotopic (exact) mass is 248 g/mol. The molecule has 0 aliphatic heterocycles. The summed E-state index contributed by atoms with van der Waals surface area (Å²) < 4.78 is 40.3. The highest BCUT2D eigenvalue weighted by Gasteiger charge is 2.24. The molecular weight excluding hydrogens is 241 g/mol. The molecule has 0 aromatic carbocycles. The van der Waals surface area contributed by atoms with Crippen molar-refractivity contribution in [2.24, 2.45) is 0 Å². The zero-order valence-corrected chi connectivity index (χ0v) is 8.98. The maximum absolute atomic E-state index is 11.9. The Kier molecular flexibility index (Phi) is 3.96. The molecule has 0 saturated heterocycles. The number of esters is 1. The Morgan fingerprint density at radius 3 is 2.69 bits per heavy atom. The summed E-state index contributed by atoms with van der Waals surface area (Å²) in [6.45, 7) is 1.12. The molecule has 0 N–H and O–H groups in total. The van der Waals surface area contributed by atoms with Crippen molar-refractivity contribution in [1.82, 2.24) is 0 Å². The zero-order valence-electron chi connectivity index (χ0n) is 8.17. The summed E-state index contributed by atoms with van der Waals surface area (Å²) in [6.07, 6.45) is -5.74. The third-order valence-electron chi connectivity index (χ3n) is 1.43. The summed E-state index contributed by atoms with van der Waals surface area (Å²) in [5.41, 5.74) is 0. The molecule has 0 aliphatic rings. The highest BCUT2D eigenvalue weighted by atomic mass is 32.1. The van der Waals surface area contributed by atoms with Gasteiger partial charge in [-0.2, -0.15) is 13.2 Å². The summed E-state index contributed by atoms with van der Waals surface area (Å²) in [6, 6.07) is 3.20. The number of carbonyl (C=O) groups excluding carboxylic acids is 1. The van der Waals surface area contributed by atoms with E-state index in [4.69, 9.17) is 0 Å². The molecule has 0 aliphatic carbocycles. The average molecular weight is 248 g/mol. The second-order valence-electron chi connectivity index (χ2n) is 2.77. The number of rotatable bonds is 2. The van der Waals surface area contributed by atoms with Gasteiger partial charge in [-0.1, -0.05) is 6.07 Å². The van der Waals surface area contributed by atoms with Crippen LogP contribution in [0.5, 0.6) is 0 Å². The molecule has 1 aromatic heterocycles. The van der Waals surface area contributed by atoms with E-state index in [-0.39, 0.29) is 0 Å². The molecule has 0 radical (unpaired) electrons. The first-order valence-electron chi connectivity index (χ1n) is 4.18. The molecule has 1 unspecified atom stereocenters. The Labute approximate surface area is 94.0 Å². The van der Waals surface area contributed by atoms with Crippen LogP contribution in [0.15, 0.2) is 17.5 Å². The van der Waals surface area contributed by atoms with Gasteiger partial charge < -0.3 is 4.74 Å². The molecule has 0 amide bonds. The maximum Gasteiger partial charge on any atom is 0.457 e. The van der Waals surface area contributed by atoms with E-state index in [1.807, 2.05) is 5.92 Å². The van der Waals surface area contributed by atoms with E-state index in [1.165, 1.54) is 11.3 Å². The minimum Gasteiger partial charge on any atom is -0.443 e. The minimum absolute atomic E-state index is 0.465. The van der Waals surface area contributed by atoms with Crippen LogP contribution >= 0.6 is 11.3 Å². The van der Waals surface area contributed by atoms with E-state index in [2.05, 4.69) is 4.74 Å². The first-order valence-corrected chi connectivity index (χ1v) is 5.06. The SMILES string of the molecule is CC(=O)OC(C#CC(F)(F)F)c1cccs1. The lowest BCUT2D eigenvalue weighted by Gasteiger charge is -2.08. The Morgan fingerprint density at radius 2 is 2.25 bits per heavy atom. The van der Waals surface area contributed by atoms with Gasteiger partial charge in [-0.15, -0.1) is 11.3 Å². The van der Waals surface area contributed by atoms with Gasteiger partial charge in [-0.05, 0) is 17.4 Å². The van der Waals surface area contributed by atoms with E-state index in [9.17, 15) is 18.0 Å². The fourth-order valence-electron chi connectivity index (χ4n) is 0.912. The third kappa shape index (κ3) is 4.36. The highest BCUT2D eigenvalue weighted by molar-refractivity contribution is 7.10. The summed E-state index contributed by atoms with van der Waals surface area (Å²) in [7, 11) is 0. The van der Waals surface area contributed by atoms with Crippen molar-refractivity contribution in [3.63, 3.8) is 0 Å². The molecule has 2 nitrogen and oxygen atoms in total. The van der Waals surface area contributed by atoms with Gasteiger partial charge in [0.25, 0.3) is 0 Å². The van der Waals surface area contributed by atoms with Crippen LogP contribution in [-0.4, -0.2) is 12.1 Å². The number of hydrogen-bond donors (Lipinski definition) is 0. The topological polar surface area (TPSA) is 26.3 Å². The van der Waals surface area contributed by atoms with E-state index in [1.54, 1.807) is 17.5 Å². The van der Waals surface area contributed by atoms with Crippen LogP contribution in [0.2, 0.25) is 0 Å². The van der Waals surface area contributed by atoms with Crippen molar-refractivity contribution >= 4 is 17.3 Å². The fourth-order valence-corrected chi connectivity index (χ4v) is 1.61. The van der Waals surface area contributed by atoms with Gasteiger partial charge in [0.2, 0.25) is 0 Å². The quantitative estimate of drug-likeness (QED) is 0.594. The zero-order chi connectivity index (χ0) is 12.2. The van der Waals surface area contributed by atoms with Crippen molar-refractivity contribution in [2.75, 3.05) is 0 Å². The van der Waals surface area contributed by atoms with E-state index in [0.717, 1.165) is 12.8 Å². The Morgan fingerprint density at radius 1 is 1.56 bits per heavy atom. The summed E-state index contributed by atoms with van der Waals surface area (Å²) >= 11 is 1.18. The molecule has 0 bridgehead atoms. The van der Waals surface area contributed by atoms with E-state index >= 15 is 0 Å². The molecule has 6 heteroatoms. The lowest BCUT2D eigenvalue weighted by molar-refractivity contribution is -0.144. The summed E-state index contributed by atoms with van der Waals surface area (Å²) in [5.74, 6) is 2.31.